The fourth-order valence-corrected chi connectivity index (χ4v) is 3.70. The van der Waals surface area contributed by atoms with Gasteiger partial charge >= 0.3 is 26.2 Å². The van der Waals surface area contributed by atoms with E-state index in [0.29, 0.717) is 0 Å². The Kier molecular flexibility index (Phi) is 14.3. The van der Waals surface area contributed by atoms with Crippen LogP contribution < -0.4 is 24.8 Å². The SMILES string of the molecule is CC(C)(C1=CC[C-]=C1OCO[Si](C)(C)C)C1=CC[C-]=C1OCO[Si](C)(C)C.[Cl-].[Cl-].[Zr+4]. The fraction of sp³-hybridized carbons (Fsp3) is 0.619. The van der Waals surface area contributed by atoms with Crippen LogP contribution in [-0.4, -0.2) is 30.2 Å². The van der Waals surface area contributed by atoms with Crippen molar-refractivity contribution in [1.29, 1.82) is 0 Å². The molecule has 0 fully saturated rings. The first-order valence-electron chi connectivity index (χ1n) is 9.57. The maximum Gasteiger partial charge on any atom is 4.00 e. The number of halogens is 2. The van der Waals surface area contributed by atoms with Crippen LogP contribution in [0.25, 0.3) is 0 Å². The zero-order chi connectivity index (χ0) is 20.3. The van der Waals surface area contributed by atoms with Gasteiger partial charge in [0.1, 0.15) is 0 Å². The van der Waals surface area contributed by atoms with Gasteiger partial charge in [0.25, 0.3) is 0 Å². The van der Waals surface area contributed by atoms with Crippen molar-refractivity contribution in [2.45, 2.75) is 66.0 Å². The van der Waals surface area contributed by atoms with Gasteiger partial charge in [-0.05, 0) is 50.8 Å². The van der Waals surface area contributed by atoms with Crippen LogP contribution >= 0.6 is 0 Å². The van der Waals surface area contributed by atoms with Crippen molar-refractivity contribution in [1.82, 2.24) is 0 Å². The summed E-state index contributed by atoms with van der Waals surface area (Å²) in [6, 6.07) is 0. The summed E-state index contributed by atoms with van der Waals surface area (Å²) >= 11 is 0. The number of hydrogen-bond donors (Lipinski definition) is 0. The predicted molar refractivity (Wildman–Crippen MR) is 113 cm³/mol. The third-order valence-electron chi connectivity index (χ3n) is 4.36. The second-order valence-corrected chi connectivity index (χ2v) is 18.3. The van der Waals surface area contributed by atoms with E-state index in [0.717, 1.165) is 35.5 Å². The van der Waals surface area contributed by atoms with Crippen LogP contribution in [0, 0.1) is 17.6 Å². The number of allylic oxidation sites excluding steroid dienone is 6. The van der Waals surface area contributed by atoms with Gasteiger partial charge in [0.2, 0.25) is 0 Å². The summed E-state index contributed by atoms with van der Waals surface area (Å²) in [6.07, 6.45) is 12.5. The Labute approximate surface area is 216 Å². The van der Waals surface area contributed by atoms with Crippen molar-refractivity contribution in [3.63, 3.8) is 0 Å². The zero-order valence-corrected chi connectivity index (χ0v) is 25.3. The van der Waals surface area contributed by atoms with Crippen LogP contribution in [0.5, 0.6) is 0 Å². The van der Waals surface area contributed by atoms with E-state index in [4.69, 9.17) is 18.3 Å². The molecular formula is C21H34Cl2O4Si2Zr. The van der Waals surface area contributed by atoms with Gasteiger partial charge in [-0.2, -0.15) is 23.3 Å². The monoisotopic (exact) mass is 566 g/mol. The summed E-state index contributed by atoms with van der Waals surface area (Å²) in [4.78, 5) is 0. The molecule has 4 nitrogen and oxygen atoms in total. The van der Waals surface area contributed by atoms with Crippen LogP contribution in [0.3, 0.4) is 0 Å². The van der Waals surface area contributed by atoms with E-state index in [1.807, 2.05) is 0 Å². The molecule has 2 aliphatic rings. The molecule has 0 atom stereocenters. The topological polar surface area (TPSA) is 36.9 Å². The summed E-state index contributed by atoms with van der Waals surface area (Å²) in [5.41, 5.74) is 2.00. The van der Waals surface area contributed by atoms with E-state index in [1.165, 1.54) is 0 Å². The molecule has 0 aliphatic heterocycles. The second kappa shape index (κ2) is 13.2. The van der Waals surface area contributed by atoms with Crippen molar-refractivity contribution < 1.29 is 69.3 Å². The van der Waals surface area contributed by atoms with Gasteiger partial charge in [0.15, 0.2) is 30.2 Å². The molecule has 0 saturated carbocycles. The Balaban J connectivity index is 0. The molecule has 0 heterocycles. The van der Waals surface area contributed by atoms with Gasteiger partial charge in [0.05, 0.1) is 0 Å². The Morgan fingerprint density at radius 1 is 0.767 bits per heavy atom. The average Bonchev–Trinajstić information content (AvgIpc) is 3.14. The molecular weight excluding hydrogens is 535 g/mol. The first-order valence-corrected chi connectivity index (χ1v) is 16.4. The smallest absolute Gasteiger partial charge is 1.00 e. The Bertz CT molecular complexity index is 619. The van der Waals surface area contributed by atoms with E-state index < -0.39 is 16.6 Å². The molecule has 0 N–H and O–H groups in total. The molecule has 0 unspecified atom stereocenters. The van der Waals surface area contributed by atoms with Crippen molar-refractivity contribution in [2.75, 3.05) is 13.6 Å². The average molecular weight is 569 g/mol. The summed E-state index contributed by atoms with van der Waals surface area (Å²) in [5, 5.41) is 0. The first kappa shape index (κ1) is 32.6. The minimum atomic E-state index is -1.61. The van der Waals surface area contributed by atoms with Crippen molar-refractivity contribution in [3.8, 4) is 0 Å². The van der Waals surface area contributed by atoms with E-state index in [9.17, 15) is 0 Å². The number of rotatable bonds is 10. The van der Waals surface area contributed by atoms with Crippen LogP contribution in [0.2, 0.25) is 39.3 Å². The van der Waals surface area contributed by atoms with Crippen molar-refractivity contribution >= 4 is 16.6 Å². The Morgan fingerprint density at radius 2 is 1.10 bits per heavy atom. The molecule has 0 aromatic heterocycles. The van der Waals surface area contributed by atoms with Crippen LogP contribution in [-0.2, 0) is 44.5 Å². The van der Waals surface area contributed by atoms with Crippen molar-refractivity contribution in [2.24, 2.45) is 5.41 Å². The normalized spacial score (nSPS) is 16.3. The van der Waals surface area contributed by atoms with E-state index in [2.05, 4.69) is 77.4 Å². The van der Waals surface area contributed by atoms with Gasteiger partial charge in [-0.25, -0.2) is 12.2 Å². The Morgan fingerprint density at radius 3 is 1.40 bits per heavy atom. The molecule has 0 amide bonds. The van der Waals surface area contributed by atoms with Gasteiger partial charge < -0.3 is 43.1 Å². The van der Waals surface area contributed by atoms with Crippen molar-refractivity contribution in [3.05, 3.63) is 47.0 Å². The molecule has 0 saturated heterocycles. The van der Waals surface area contributed by atoms with Gasteiger partial charge in [-0.3, -0.25) is 0 Å². The summed E-state index contributed by atoms with van der Waals surface area (Å²) < 4.78 is 23.5. The van der Waals surface area contributed by atoms with Gasteiger partial charge in [0, 0.05) is 0 Å². The second-order valence-electron chi connectivity index (χ2n) is 9.32. The Hall–Kier alpha value is 0.377. The van der Waals surface area contributed by atoms with Gasteiger partial charge in [-0.15, -0.1) is 18.3 Å². The maximum atomic E-state index is 5.93. The fourth-order valence-electron chi connectivity index (χ4n) is 2.88. The van der Waals surface area contributed by atoms with Crippen LogP contribution in [0.4, 0.5) is 0 Å². The number of hydrogen-bond acceptors (Lipinski definition) is 4. The van der Waals surface area contributed by atoms with Crippen LogP contribution in [0.1, 0.15) is 26.7 Å². The first-order chi connectivity index (χ1) is 12.4. The van der Waals surface area contributed by atoms with E-state index in [-0.39, 0.29) is 70.0 Å². The molecule has 2 aliphatic carbocycles. The maximum absolute atomic E-state index is 5.93. The molecule has 0 bridgehead atoms. The third kappa shape index (κ3) is 9.89. The predicted octanol–water partition coefficient (Wildman–Crippen LogP) is -0.296. The molecule has 2 rings (SSSR count). The molecule has 0 spiro atoms. The minimum absolute atomic E-state index is 0. The minimum Gasteiger partial charge on any atom is -1.00 e. The summed E-state index contributed by atoms with van der Waals surface area (Å²) in [6.45, 7) is 17.9. The molecule has 0 aromatic rings. The number of ether oxygens (including phenoxy) is 2. The molecule has 168 valence electrons. The standard InChI is InChI=1S/C21H34O4Si2.2ClH.Zr/c1-21(2,17-11-9-13-19(17)22-15-24-26(3,4)5)18-12-10-14-20(18)23-16-25-27(6,7)8;;;/h11-12H,9-10,15-16H2,1-8H3;2*1H;/q-2;;;+4/p-2. The van der Waals surface area contributed by atoms with Crippen LogP contribution in [0.15, 0.2) is 34.8 Å². The molecule has 30 heavy (non-hydrogen) atoms. The van der Waals surface area contributed by atoms with E-state index >= 15 is 0 Å². The molecule has 0 aromatic carbocycles. The summed E-state index contributed by atoms with van der Waals surface area (Å²) in [7, 11) is -3.21. The summed E-state index contributed by atoms with van der Waals surface area (Å²) in [5.74, 6) is 1.59. The molecule has 0 radical (unpaired) electrons. The zero-order valence-electron chi connectivity index (χ0n) is 19.4. The van der Waals surface area contributed by atoms with Gasteiger partial charge in [-0.1, -0.05) is 13.8 Å². The largest absolute Gasteiger partial charge is 4.00 e. The quantitative estimate of drug-likeness (QED) is 0.206. The third-order valence-corrected chi connectivity index (χ3v) is 6.33. The molecule has 9 heteroatoms. The van der Waals surface area contributed by atoms with E-state index in [1.54, 1.807) is 0 Å².